The molecular formula is C20H28Cl2N2O2. The topological polar surface area (TPSA) is 58.2 Å². The summed E-state index contributed by atoms with van der Waals surface area (Å²) in [6.07, 6.45) is 3.78. The Morgan fingerprint density at radius 3 is 2.15 bits per heavy atom. The monoisotopic (exact) mass is 398 g/mol. The van der Waals surface area contributed by atoms with Crippen LogP contribution in [0, 0.1) is 17.8 Å². The molecule has 4 nitrogen and oxygen atoms in total. The fourth-order valence-electron chi connectivity index (χ4n) is 3.26. The molecule has 6 heteroatoms. The van der Waals surface area contributed by atoms with E-state index in [1.54, 1.807) is 12.1 Å². The Balaban J connectivity index is 1.70. The fourth-order valence-corrected chi connectivity index (χ4v) is 3.76. The first-order valence-electron chi connectivity index (χ1n) is 9.36. The van der Waals surface area contributed by atoms with Gasteiger partial charge in [0.15, 0.2) is 0 Å². The molecule has 1 aliphatic rings. The molecular weight excluding hydrogens is 371 g/mol. The van der Waals surface area contributed by atoms with Crippen LogP contribution in [0.15, 0.2) is 18.2 Å². The molecule has 1 aromatic rings. The van der Waals surface area contributed by atoms with Gasteiger partial charge in [-0.3, -0.25) is 9.59 Å². The van der Waals surface area contributed by atoms with Gasteiger partial charge in [-0.1, -0.05) is 43.1 Å². The third kappa shape index (κ3) is 6.48. The highest BCUT2D eigenvalue weighted by Crippen LogP contribution is 2.29. The number of nitrogens with one attached hydrogen (secondary N) is 2. The maximum Gasteiger partial charge on any atom is 0.223 e. The first kappa shape index (κ1) is 21.0. The summed E-state index contributed by atoms with van der Waals surface area (Å²) in [4.78, 5) is 24.5. The number of amides is 2. The van der Waals surface area contributed by atoms with Crippen molar-refractivity contribution in [1.82, 2.24) is 10.6 Å². The van der Waals surface area contributed by atoms with Crippen molar-refractivity contribution in [1.29, 1.82) is 0 Å². The van der Waals surface area contributed by atoms with Gasteiger partial charge in [-0.25, -0.2) is 0 Å². The first-order valence-corrected chi connectivity index (χ1v) is 10.1. The summed E-state index contributed by atoms with van der Waals surface area (Å²) in [6, 6.07) is 5.40. The third-order valence-electron chi connectivity index (χ3n) is 4.86. The molecule has 0 atom stereocenters. The van der Waals surface area contributed by atoms with Crippen molar-refractivity contribution in [3.8, 4) is 0 Å². The van der Waals surface area contributed by atoms with E-state index in [1.807, 2.05) is 6.07 Å². The molecule has 2 amide bonds. The van der Waals surface area contributed by atoms with Crippen molar-refractivity contribution < 1.29 is 9.59 Å². The standard InChI is InChI=1S/C20H28Cl2N2O2/c1-13(2)12-24-20(26)16-5-3-15(4-6-16)19(25)23-10-9-14-7-8-17(21)11-18(14)22/h7-8,11,13,15-16H,3-6,9-10,12H2,1-2H3,(H,23,25)(H,24,26). The minimum absolute atomic E-state index is 0.00448. The van der Waals surface area contributed by atoms with E-state index >= 15 is 0 Å². The van der Waals surface area contributed by atoms with Crippen molar-refractivity contribution in [3.63, 3.8) is 0 Å². The van der Waals surface area contributed by atoms with Gasteiger partial charge in [0.25, 0.3) is 0 Å². The molecule has 0 saturated heterocycles. The van der Waals surface area contributed by atoms with E-state index in [0.717, 1.165) is 31.2 Å². The normalized spacial score (nSPS) is 20.0. The van der Waals surface area contributed by atoms with Crippen molar-refractivity contribution in [2.75, 3.05) is 13.1 Å². The molecule has 2 rings (SSSR count). The average molecular weight is 399 g/mol. The molecule has 0 unspecified atom stereocenters. The zero-order chi connectivity index (χ0) is 19.1. The van der Waals surface area contributed by atoms with Crippen LogP contribution in [0.1, 0.15) is 45.1 Å². The van der Waals surface area contributed by atoms with Crippen LogP contribution in [0.4, 0.5) is 0 Å². The van der Waals surface area contributed by atoms with Crippen molar-refractivity contribution in [2.24, 2.45) is 17.8 Å². The highest BCUT2D eigenvalue weighted by atomic mass is 35.5. The molecule has 2 N–H and O–H groups in total. The SMILES string of the molecule is CC(C)CNC(=O)C1CCC(C(=O)NCCc2ccc(Cl)cc2Cl)CC1. The van der Waals surface area contributed by atoms with Gasteiger partial charge >= 0.3 is 0 Å². The lowest BCUT2D eigenvalue weighted by Gasteiger charge is -2.27. The molecule has 0 bridgehead atoms. The Bertz CT molecular complexity index is 626. The van der Waals surface area contributed by atoms with E-state index in [4.69, 9.17) is 23.2 Å². The Kier molecular flexibility index (Phi) is 8.23. The summed E-state index contributed by atoms with van der Waals surface area (Å²) < 4.78 is 0. The predicted molar refractivity (Wildman–Crippen MR) is 106 cm³/mol. The number of hydrogen-bond acceptors (Lipinski definition) is 2. The summed E-state index contributed by atoms with van der Waals surface area (Å²) in [7, 11) is 0. The Hall–Kier alpha value is -1.26. The van der Waals surface area contributed by atoms with Crippen LogP contribution < -0.4 is 10.6 Å². The molecule has 1 saturated carbocycles. The lowest BCUT2D eigenvalue weighted by Crippen LogP contribution is -2.38. The summed E-state index contributed by atoms with van der Waals surface area (Å²) in [5, 5.41) is 7.22. The fraction of sp³-hybridized carbons (Fsp3) is 0.600. The summed E-state index contributed by atoms with van der Waals surface area (Å²) in [5.41, 5.74) is 0.974. The van der Waals surface area contributed by atoms with Crippen LogP contribution in [-0.4, -0.2) is 24.9 Å². The number of carbonyl (C=O) groups is 2. The first-order chi connectivity index (χ1) is 12.4. The molecule has 144 valence electrons. The smallest absolute Gasteiger partial charge is 0.223 e. The molecule has 26 heavy (non-hydrogen) atoms. The molecule has 1 aliphatic carbocycles. The summed E-state index contributed by atoms with van der Waals surface area (Å²) in [5.74, 6) is 0.719. The molecule has 0 radical (unpaired) electrons. The lowest BCUT2D eigenvalue weighted by molar-refractivity contribution is -0.130. The number of benzene rings is 1. The molecule has 0 aliphatic heterocycles. The van der Waals surface area contributed by atoms with E-state index in [9.17, 15) is 9.59 Å². The van der Waals surface area contributed by atoms with Crippen LogP contribution in [0.2, 0.25) is 10.0 Å². The number of hydrogen-bond donors (Lipinski definition) is 2. The Labute approximate surface area is 166 Å². The molecule has 1 fully saturated rings. The quantitative estimate of drug-likeness (QED) is 0.721. The number of carbonyl (C=O) groups excluding carboxylic acids is 2. The van der Waals surface area contributed by atoms with Crippen molar-refractivity contribution in [3.05, 3.63) is 33.8 Å². The average Bonchev–Trinajstić information content (AvgIpc) is 2.61. The van der Waals surface area contributed by atoms with E-state index in [0.29, 0.717) is 35.5 Å². The second kappa shape index (κ2) is 10.2. The largest absolute Gasteiger partial charge is 0.356 e. The van der Waals surface area contributed by atoms with Crippen molar-refractivity contribution >= 4 is 35.0 Å². The van der Waals surface area contributed by atoms with Crippen LogP contribution in [0.3, 0.4) is 0 Å². The number of halogens is 2. The second-order valence-corrected chi connectivity index (χ2v) is 8.31. The van der Waals surface area contributed by atoms with Crippen LogP contribution in [0.25, 0.3) is 0 Å². The van der Waals surface area contributed by atoms with Gasteiger partial charge in [-0.2, -0.15) is 0 Å². The van der Waals surface area contributed by atoms with Crippen LogP contribution >= 0.6 is 23.2 Å². The third-order valence-corrected chi connectivity index (χ3v) is 5.45. The molecule has 0 aromatic heterocycles. The molecule has 0 spiro atoms. The Morgan fingerprint density at radius 1 is 1.04 bits per heavy atom. The van der Waals surface area contributed by atoms with Gasteiger partial charge in [-0.05, 0) is 55.7 Å². The summed E-state index contributed by atoms with van der Waals surface area (Å²) >= 11 is 12.0. The van der Waals surface area contributed by atoms with Gasteiger partial charge in [0.2, 0.25) is 11.8 Å². The van der Waals surface area contributed by atoms with E-state index in [1.165, 1.54) is 0 Å². The van der Waals surface area contributed by atoms with Gasteiger partial charge in [-0.15, -0.1) is 0 Å². The van der Waals surface area contributed by atoms with E-state index < -0.39 is 0 Å². The van der Waals surface area contributed by atoms with Crippen LogP contribution in [0.5, 0.6) is 0 Å². The molecule has 0 heterocycles. The number of rotatable bonds is 7. The van der Waals surface area contributed by atoms with E-state index in [-0.39, 0.29) is 23.7 Å². The van der Waals surface area contributed by atoms with Crippen LogP contribution in [-0.2, 0) is 16.0 Å². The maximum absolute atomic E-state index is 12.4. The highest BCUT2D eigenvalue weighted by Gasteiger charge is 2.29. The Morgan fingerprint density at radius 2 is 1.62 bits per heavy atom. The highest BCUT2D eigenvalue weighted by molar-refractivity contribution is 6.35. The lowest BCUT2D eigenvalue weighted by atomic mass is 9.81. The zero-order valence-corrected chi connectivity index (χ0v) is 17.0. The second-order valence-electron chi connectivity index (χ2n) is 7.46. The summed E-state index contributed by atoms with van der Waals surface area (Å²) in [6.45, 7) is 5.43. The van der Waals surface area contributed by atoms with Gasteiger partial charge in [0.05, 0.1) is 0 Å². The minimum Gasteiger partial charge on any atom is -0.356 e. The van der Waals surface area contributed by atoms with Crippen molar-refractivity contribution in [2.45, 2.75) is 46.0 Å². The maximum atomic E-state index is 12.4. The zero-order valence-electron chi connectivity index (χ0n) is 15.5. The van der Waals surface area contributed by atoms with Gasteiger partial charge in [0.1, 0.15) is 0 Å². The van der Waals surface area contributed by atoms with Gasteiger partial charge < -0.3 is 10.6 Å². The minimum atomic E-state index is 0.00448. The molecule has 1 aromatic carbocycles. The predicted octanol–water partition coefficient (Wildman–Crippen LogP) is 4.23. The van der Waals surface area contributed by atoms with Gasteiger partial charge in [0, 0.05) is 35.0 Å². The van der Waals surface area contributed by atoms with E-state index in [2.05, 4.69) is 24.5 Å².